The molecule has 0 aliphatic carbocycles. The lowest BCUT2D eigenvalue weighted by Crippen LogP contribution is -2.24. The van der Waals surface area contributed by atoms with Crippen molar-refractivity contribution in [3.05, 3.63) is 47.1 Å². The van der Waals surface area contributed by atoms with Crippen LogP contribution in [-0.4, -0.2) is 56.3 Å². The van der Waals surface area contributed by atoms with Gasteiger partial charge >= 0.3 is 0 Å². The van der Waals surface area contributed by atoms with Crippen molar-refractivity contribution in [2.24, 2.45) is 0 Å². The molecule has 4 aromatic rings. The number of thiazole rings is 1. The molecule has 0 spiro atoms. The molecule has 5 rings (SSSR count). The Labute approximate surface area is 218 Å². The second kappa shape index (κ2) is 11.4. The molecule has 3 aromatic heterocycles. The van der Waals surface area contributed by atoms with Gasteiger partial charge in [0.25, 0.3) is 0 Å². The number of hydrogen-bond acceptors (Lipinski definition) is 9. The van der Waals surface area contributed by atoms with E-state index in [9.17, 15) is 4.79 Å². The van der Waals surface area contributed by atoms with E-state index in [2.05, 4.69) is 33.1 Å². The molecule has 0 fully saturated rings. The number of benzene rings is 1. The number of rotatable bonds is 10. The maximum Gasteiger partial charge on any atom is 0.226 e. The summed E-state index contributed by atoms with van der Waals surface area (Å²) in [5.74, 6) is 0.787. The molecule has 8 nitrogen and oxygen atoms in total. The van der Waals surface area contributed by atoms with Gasteiger partial charge in [0, 0.05) is 61.6 Å². The predicted molar refractivity (Wildman–Crippen MR) is 146 cm³/mol. The smallest absolute Gasteiger partial charge is 0.226 e. The first kappa shape index (κ1) is 24.8. The van der Waals surface area contributed by atoms with Gasteiger partial charge in [0.05, 0.1) is 23.9 Å². The number of carbonyl (C=O) groups is 1. The van der Waals surface area contributed by atoms with E-state index in [1.807, 2.05) is 18.3 Å². The number of nitrogens with zero attached hydrogens (tertiary/aromatic N) is 2. The molecule has 1 aromatic carbocycles. The van der Waals surface area contributed by atoms with Gasteiger partial charge < -0.3 is 25.4 Å². The van der Waals surface area contributed by atoms with Gasteiger partial charge in [-0.3, -0.25) is 9.78 Å². The van der Waals surface area contributed by atoms with Crippen molar-refractivity contribution >= 4 is 43.8 Å². The Balaban J connectivity index is 1.45. The van der Waals surface area contributed by atoms with Crippen molar-refractivity contribution in [2.45, 2.75) is 19.4 Å². The fourth-order valence-electron chi connectivity index (χ4n) is 4.31. The van der Waals surface area contributed by atoms with Crippen LogP contribution in [0.1, 0.15) is 16.9 Å². The molecule has 188 valence electrons. The largest absolute Gasteiger partial charge is 0.496 e. The van der Waals surface area contributed by atoms with Crippen molar-refractivity contribution in [3.63, 3.8) is 0 Å². The SMILES string of the molecule is COCCNCCC(=O)Nc1sc2c(c1-c1nc3ccc(-c4cnccc4OC)cc3s1)CCNC2. The summed E-state index contributed by atoms with van der Waals surface area (Å²) in [5, 5.41) is 11.7. The molecule has 0 radical (unpaired) electrons. The molecule has 0 saturated heterocycles. The van der Waals surface area contributed by atoms with E-state index in [0.717, 1.165) is 68.7 Å². The number of carbonyl (C=O) groups excluding carboxylic acids is 1. The van der Waals surface area contributed by atoms with E-state index < -0.39 is 0 Å². The van der Waals surface area contributed by atoms with Gasteiger partial charge in [-0.05, 0) is 42.3 Å². The summed E-state index contributed by atoms with van der Waals surface area (Å²) in [6.45, 7) is 3.70. The number of thiophene rings is 1. The minimum Gasteiger partial charge on any atom is -0.496 e. The van der Waals surface area contributed by atoms with Crippen molar-refractivity contribution in [1.82, 2.24) is 20.6 Å². The minimum atomic E-state index is -0.000192. The van der Waals surface area contributed by atoms with E-state index in [4.69, 9.17) is 14.5 Å². The summed E-state index contributed by atoms with van der Waals surface area (Å²) in [4.78, 5) is 23.3. The quantitative estimate of drug-likeness (QED) is 0.267. The Morgan fingerprint density at radius 1 is 1.19 bits per heavy atom. The van der Waals surface area contributed by atoms with E-state index in [1.54, 1.807) is 43.1 Å². The van der Waals surface area contributed by atoms with Crippen LogP contribution in [0.25, 0.3) is 31.9 Å². The molecule has 0 atom stereocenters. The van der Waals surface area contributed by atoms with Crippen molar-refractivity contribution in [1.29, 1.82) is 0 Å². The highest BCUT2D eigenvalue weighted by Crippen LogP contribution is 2.45. The van der Waals surface area contributed by atoms with E-state index in [1.165, 1.54) is 10.4 Å². The third-order valence-corrected chi connectivity index (χ3v) is 8.29. The number of methoxy groups -OCH3 is 2. The minimum absolute atomic E-state index is 0.000192. The molecule has 10 heteroatoms. The van der Waals surface area contributed by atoms with Gasteiger partial charge in [-0.2, -0.15) is 0 Å². The van der Waals surface area contributed by atoms with Gasteiger partial charge in [-0.1, -0.05) is 6.07 Å². The number of hydrogen-bond donors (Lipinski definition) is 3. The maximum atomic E-state index is 12.7. The number of ether oxygens (including phenoxy) is 2. The van der Waals surface area contributed by atoms with Crippen LogP contribution >= 0.6 is 22.7 Å². The normalized spacial score (nSPS) is 13.1. The van der Waals surface area contributed by atoms with Gasteiger partial charge in [-0.25, -0.2) is 4.98 Å². The molecular formula is C26H29N5O3S2. The average Bonchev–Trinajstić information content (AvgIpc) is 3.48. The first-order valence-electron chi connectivity index (χ1n) is 11.9. The number of fused-ring (bicyclic) bond motifs is 2. The van der Waals surface area contributed by atoms with E-state index in [0.29, 0.717) is 19.6 Å². The van der Waals surface area contributed by atoms with Crippen LogP contribution in [0.2, 0.25) is 0 Å². The van der Waals surface area contributed by atoms with Crippen LogP contribution in [0.4, 0.5) is 5.00 Å². The highest BCUT2D eigenvalue weighted by molar-refractivity contribution is 7.23. The van der Waals surface area contributed by atoms with Crippen LogP contribution in [0, 0.1) is 0 Å². The van der Waals surface area contributed by atoms with Crippen LogP contribution in [0.3, 0.4) is 0 Å². The van der Waals surface area contributed by atoms with Crippen molar-refractivity contribution in [2.75, 3.05) is 45.8 Å². The molecule has 1 amide bonds. The van der Waals surface area contributed by atoms with Crippen molar-refractivity contribution in [3.8, 4) is 27.4 Å². The van der Waals surface area contributed by atoms with E-state index in [-0.39, 0.29) is 5.91 Å². The Morgan fingerprint density at radius 2 is 2.11 bits per heavy atom. The Hall–Kier alpha value is -2.89. The molecule has 1 aliphatic rings. The Kier molecular flexibility index (Phi) is 7.88. The lowest BCUT2D eigenvalue weighted by atomic mass is 10.0. The summed E-state index contributed by atoms with van der Waals surface area (Å²) in [5.41, 5.74) is 5.28. The molecule has 0 saturated carbocycles. The lowest BCUT2D eigenvalue weighted by molar-refractivity contribution is -0.116. The third-order valence-electron chi connectivity index (χ3n) is 6.11. The van der Waals surface area contributed by atoms with Gasteiger partial charge in [0.1, 0.15) is 15.8 Å². The summed E-state index contributed by atoms with van der Waals surface area (Å²) in [6, 6.07) is 8.10. The third kappa shape index (κ3) is 5.28. The number of nitrogens with one attached hydrogen (secondary N) is 3. The second-order valence-corrected chi connectivity index (χ2v) is 10.6. The van der Waals surface area contributed by atoms with Crippen molar-refractivity contribution < 1.29 is 14.3 Å². The maximum absolute atomic E-state index is 12.7. The van der Waals surface area contributed by atoms with Gasteiger partial charge in [-0.15, -0.1) is 22.7 Å². The van der Waals surface area contributed by atoms with Crippen LogP contribution in [0.5, 0.6) is 5.75 Å². The van der Waals surface area contributed by atoms with Crippen LogP contribution in [0.15, 0.2) is 36.7 Å². The highest BCUT2D eigenvalue weighted by Gasteiger charge is 2.25. The first-order valence-corrected chi connectivity index (χ1v) is 13.6. The summed E-state index contributed by atoms with van der Waals surface area (Å²) in [7, 11) is 3.34. The Morgan fingerprint density at radius 3 is 2.97 bits per heavy atom. The zero-order valence-corrected chi connectivity index (χ0v) is 22.0. The average molecular weight is 524 g/mol. The molecule has 1 aliphatic heterocycles. The monoisotopic (exact) mass is 523 g/mol. The number of amides is 1. The molecule has 3 N–H and O–H groups in total. The summed E-state index contributed by atoms with van der Waals surface area (Å²) >= 11 is 3.31. The number of anilines is 1. The van der Waals surface area contributed by atoms with Gasteiger partial charge in [0.15, 0.2) is 0 Å². The standard InChI is InChI=1S/C26H29N5O3S2/c1-33-12-11-27-10-7-23(32)31-26-24(17-5-8-29-15-22(17)36-26)25-30-19-4-3-16(13-21(19)35-25)18-14-28-9-6-20(18)34-2/h3-4,6,9,13-14,27,29H,5,7-8,10-12,15H2,1-2H3,(H,31,32). The zero-order valence-electron chi connectivity index (χ0n) is 20.3. The van der Waals surface area contributed by atoms with Crippen LogP contribution in [-0.2, 0) is 22.5 Å². The highest BCUT2D eigenvalue weighted by atomic mass is 32.1. The van der Waals surface area contributed by atoms with E-state index >= 15 is 0 Å². The fraction of sp³-hybridized carbons (Fsp3) is 0.346. The molecule has 0 unspecified atom stereocenters. The topological polar surface area (TPSA) is 97.4 Å². The summed E-state index contributed by atoms with van der Waals surface area (Å²) < 4.78 is 11.7. The predicted octanol–water partition coefficient (Wildman–Crippen LogP) is 4.31. The molecular weight excluding hydrogens is 494 g/mol. The number of pyridine rings is 1. The lowest BCUT2D eigenvalue weighted by Gasteiger charge is -2.13. The fourth-order valence-corrected chi connectivity index (χ4v) is 6.70. The van der Waals surface area contributed by atoms with Crippen LogP contribution < -0.4 is 20.7 Å². The Bertz CT molecular complexity index is 1370. The first-order chi connectivity index (χ1) is 17.7. The zero-order chi connectivity index (χ0) is 24.9. The molecule has 36 heavy (non-hydrogen) atoms. The molecule has 4 heterocycles. The number of aromatic nitrogens is 2. The van der Waals surface area contributed by atoms with Gasteiger partial charge in [0.2, 0.25) is 5.91 Å². The summed E-state index contributed by atoms with van der Waals surface area (Å²) in [6.07, 6.45) is 4.87. The second-order valence-electron chi connectivity index (χ2n) is 8.45. The molecule has 0 bridgehead atoms.